The molecule has 3 unspecified atom stereocenters. The molecule has 2 fully saturated rings. The highest BCUT2D eigenvalue weighted by molar-refractivity contribution is 5.90. The van der Waals surface area contributed by atoms with Gasteiger partial charge in [-0.2, -0.15) is 0 Å². The first-order chi connectivity index (χ1) is 25.0. The van der Waals surface area contributed by atoms with Crippen LogP contribution in [0.25, 0.3) is 10.9 Å². The van der Waals surface area contributed by atoms with Gasteiger partial charge in [0.2, 0.25) is 11.8 Å². The van der Waals surface area contributed by atoms with Crippen molar-refractivity contribution in [3.05, 3.63) is 108 Å². The van der Waals surface area contributed by atoms with Gasteiger partial charge in [-0.1, -0.05) is 73.2 Å². The number of nitrogens with zero attached hydrogens (tertiary/aromatic N) is 3. The Morgan fingerprint density at radius 2 is 1.45 bits per heavy atom. The van der Waals surface area contributed by atoms with Crippen LogP contribution in [0, 0.1) is 0 Å². The highest BCUT2D eigenvalue weighted by Crippen LogP contribution is 2.27. The molecule has 8 nitrogen and oxygen atoms in total. The number of amides is 2. The summed E-state index contributed by atoms with van der Waals surface area (Å²) in [6.45, 7) is 1.79. The molecule has 0 spiro atoms. The predicted molar refractivity (Wildman–Crippen MR) is 202 cm³/mol. The molecule has 0 radical (unpaired) electrons. The number of benzene rings is 3. The smallest absolute Gasteiger partial charge is 0.243 e. The lowest BCUT2D eigenvalue weighted by Gasteiger charge is -2.42. The van der Waals surface area contributed by atoms with E-state index in [-0.39, 0.29) is 30.5 Å². The Morgan fingerprint density at radius 3 is 2.16 bits per heavy atom. The van der Waals surface area contributed by atoms with Gasteiger partial charge >= 0.3 is 0 Å². The molecule has 2 aliphatic rings. The van der Waals surface area contributed by atoms with Gasteiger partial charge in [-0.05, 0) is 113 Å². The van der Waals surface area contributed by atoms with Crippen molar-refractivity contribution in [2.24, 2.45) is 0 Å². The first kappa shape index (κ1) is 36.5. The number of hydrogen-bond donors (Lipinski definition) is 2. The fourth-order valence-electron chi connectivity index (χ4n) is 7.84. The third-order valence-corrected chi connectivity index (χ3v) is 10.5. The van der Waals surface area contributed by atoms with E-state index < -0.39 is 12.1 Å². The third-order valence-electron chi connectivity index (χ3n) is 10.5. The second-order valence-corrected chi connectivity index (χ2v) is 14.3. The second-order valence-electron chi connectivity index (χ2n) is 14.3. The topological polar surface area (TPSA) is 95.0 Å². The highest BCUT2D eigenvalue weighted by Gasteiger charge is 2.39. The monoisotopic (exact) mass is 690 g/mol. The van der Waals surface area contributed by atoms with Crippen LogP contribution in [0.4, 0.5) is 0 Å². The number of pyridine rings is 1. The summed E-state index contributed by atoms with van der Waals surface area (Å²) in [6.07, 6.45) is 11.9. The van der Waals surface area contributed by atoms with Crippen LogP contribution in [-0.2, 0) is 22.4 Å². The van der Waals surface area contributed by atoms with Crippen molar-refractivity contribution in [1.82, 2.24) is 20.1 Å². The van der Waals surface area contributed by atoms with E-state index in [0.717, 1.165) is 88.1 Å². The first-order valence-corrected chi connectivity index (χ1v) is 19.1. The van der Waals surface area contributed by atoms with Crippen LogP contribution in [0.3, 0.4) is 0 Å². The second kappa shape index (κ2) is 18.8. The quantitative estimate of drug-likeness (QED) is 0.135. The van der Waals surface area contributed by atoms with E-state index in [2.05, 4.69) is 63.7 Å². The minimum Gasteiger partial charge on any atom is -0.490 e. The molecule has 2 aliphatic heterocycles. The van der Waals surface area contributed by atoms with Gasteiger partial charge in [-0.15, -0.1) is 0 Å². The van der Waals surface area contributed by atoms with Gasteiger partial charge in [-0.3, -0.25) is 19.5 Å². The zero-order valence-corrected chi connectivity index (χ0v) is 29.9. The van der Waals surface area contributed by atoms with Gasteiger partial charge < -0.3 is 20.1 Å². The molecule has 0 bridgehead atoms. The maximum absolute atomic E-state index is 14.3. The molecule has 51 heavy (non-hydrogen) atoms. The number of likely N-dealkylation sites (tertiary alicyclic amines) is 2. The summed E-state index contributed by atoms with van der Waals surface area (Å²) < 4.78 is 6.06. The maximum Gasteiger partial charge on any atom is 0.243 e. The van der Waals surface area contributed by atoms with Crippen molar-refractivity contribution in [3.8, 4) is 5.75 Å². The molecule has 4 aromatic rings. The molecule has 3 heterocycles. The Labute approximate surface area is 303 Å². The molecular weight excluding hydrogens is 636 g/mol. The fourth-order valence-corrected chi connectivity index (χ4v) is 7.84. The SMILES string of the molecule is O=C(NC(CCCc1ccccc1)CCCc1ccccc1)C1CCCCN1C(=O)C1CCCCN1CC(O)COc1cccc2ncccc12. The lowest BCUT2D eigenvalue weighted by atomic mass is 9.95. The number of carbonyl (C=O) groups excluding carboxylic acids is 2. The van der Waals surface area contributed by atoms with E-state index in [9.17, 15) is 14.7 Å². The zero-order chi connectivity index (χ0) is 35.3. The van der Waals surface area contributed by atoms with Crippen LogP contribution >= 0.6 is 0 Å². The van der Waals surface area contributed by atoms with Crippen LogP contribution in [0.1, 0.15) is 75.3 Å². The van der Waals surface area contributed by atoms with Gasteiger partial charge in [0.1, 0.15) is 24.5 Å². The van der Waals surface area contributed by atoms with Crippen LogP contribution in [0.15, 0.2) is 97.2 Å². The number of nitrogens with one attached hydrogen (secondary N) is 1. The molecule has 0 aliphatic carbocycles. The number of aryl methyl sites for hydroxylation is 2. The van der Waals surface area contributed by atoms with Gasteiger partial charge in [-0.25, -0.2) is 0 Å². The number of carbonyl (C=O) groups is 2. The molecule has 1 aromatic heterocycles. The predicted octanol–water partition coefficient (Wildman–Crippen LogP) is 6.74. The Kier molecular flexibility index (Phi) is 13.5. The Morgan fingerprint density at radius 1 is 0.784 bits per heavy atom. The Hall–Kier alpha value is -4.27. The van der Waals surface area contributed by atoms with Crippen molar-refractivity contribution in [2.45, 2.75) is 101 Å². The Balaban J connectivity index is 1.07. The molecule has 0 saturated carbocycles. The van der Waals surface area contributed by atoms with Gasteiger partial charge in [0, 0.05) is 30.7 Å². The standard InChI is InChI=1S/C43H54N4O4/c48-36(32-51-41-27-13-24-38-37(41)23-14-28-44-38)31-46-29-9-7-26-40(46)43(50)47-30-10-8-25-39(47)42(49)45-35(21-11-19-33-15-3-1-4-16-33)22-12-20-34-17-5-2-6-18-34/h1-6,13-18,23-24,27-28,35-36,39-40,48H,7-12,19-22,25-26,29-32H2,(H,45,49). The summed E-state index contributed by atoms with van der Waals surface area (Å²) in [7, 11) is 0. The molecular formula is C43H54N4O4. The van der Waals surface area contributed by atoms with E-state index in [4.69, 9.17) is 4.74 Å². The average molecular weight is 691 g/mol. The lowest BCUT2D eigenvalue weighted by molar-refractivity contribution is -0.148. The van der Waals surface area contributed by atoms with E-state index in [0.29, 0.717) is 25.3 Å². The minimum absolute atomic E-state index is 0.0205. The first-order valence-electron chi connectivity index (χ1n) is 19.1. The van der Waals surface area contributed by atoms with E-state index in [1.807, 2.05) is 47.4 Å². The molecule has 3 aromatic carbocycles. The molecule has 270 valence electrons. The summed E-state index contributed by atoms with van der Waals surface area (Å²) in [5.74, 6) is 0.687. The molecule has 3 atom stereocenters. The van der Waals surface area contributed by atoms with Crippen molar-refractivity contribution >= 4 is 22.7 Å². The van der Waals surface area contributed by atoms with Crippen molar-refractivity contribution in [1.29, 1.82) is 0 Å². The molecule has 2 N–H and O–H groups in total. The Bertz CT molecular complexity index is 1620. The van der Waals surface area contributed by atoms with Crippen molar-refractivity contribution in [2.75, 3.05) is 26.2 Å². The number of β-amino-alcohol motifs (C(OH)–C–C–N with tert-alkyl or cyclic N) is 1. The van der Waals surface area contributed by atoms with Crippen LogP contribution < -0.4 is 10.1 Å². The largest absolute Gasteiger partial charge is 0.490 e. The van der Waals surface area contributed by atoms with Crippen molar-refractivity contribution < 1.29 is 19.4 Å². The van der Waals surface area contributed by atoms with Gasteiger partial charge in [0.05, 0.1) is 11.6 Å². The van der Waals surface area contributed by atoms with E-state index >= 15 is 0 Å². The normalized spacial score (nSPS) is 18.8. The summed E-state index contributed by atoms with van der Waals surface area (Å²) in [4.78, 5) is 36.8. The summed E-state index contributed by atoms with van der Waals surface area (Å²) in [5, 5.41) is 15.4. The van der Waals surface area contributed by atoms with E-state index in [1.54, 1.807) is 6.20 Å². The third kappa shape index (κ3) is 10.4. The van der Waals surface area contributed by atoms with E-state index in [1.165, 1.54) is 11.1 Å². The number of aromatic nitrogens is 1. The van der Waals surface area contributed by atoms with Gasteiger partial charge in [0.15, 0.2) is 0 Å². The number of aliphatic hydroxyl groups excluding tert-OH is 1. The lowest BCUT2D eigenvalue weighted by Crippen LogP contribution is -2.59. The maximum atomic E-state index is 14.3. The average Bonchev–Trinajstić information content (AvgIpc) is 3.17. The summed E-state index contributed by atoms with van der Waals surface area (Å²) in [6, 6.07) is 29.9. The number of piperidine rings is 2. The van der Waals surface area contributed by atoms with Gasteiger partial charge in [0.25, 0.3) is 0 Å². The van der Waals surface area contributed by atoms with Crippen LogP contribution in [0.5, 0.6) is 5.75 Å². The van der Waals surface area contributed by atoms with Crippen molar-refractivity contribution in [3.63, 3.8) is 0 Å². The molecule has 2 amide bonds. The minimum atomic E-state index is -0.765. The number of ether oxygens (including phenoxy) is 1. The molecule has 8 heteroatoms. The molecule has 6 rings (SSSR count). The summed E-state index contributed by atoms with van der Waals surface area (Å²) >= 11 is 0. The number of fused-ring (bicyclic) bond motifs is 1. The number of aliphatic hydroxyl groups is 1. The fraction of sp³-hybridized carbons (Fsp3) is 0.465. The number of rotatable bonds is 16. The highest BCUT2D eigenvalue weighted by atomic mass is 16.5. The number of hydrogen-bond acceptors (Lipinski definition) is 6. The zero-order valence-electron chi connectivity index (χ0n) is 29.9. The van der Waals surface area contributed by atoms with Crippen LogP contribution in [0.2, 0.25) is 0 Å². The summed E-state index contributed by atoms with van der Waals surface area (Å²) in [5.41, 5.74) is 3.47. The van der Waals surface area contributed by atoms with Crippen LogP contribution in [-0.4, -0.2) is 82.2 Å². The molecule has 2 saturated heterocycles.